The smallest absolute Gasteiger partial charge is 0.255 e. The zero-order chi connectivity index (χ0) is 15.4. The number of amides is 1. The van der Waals surface area contributed by atoms with E-state index in [0.29, 0.717) is 27.6 Å². The first-order valence-corrected chi connectivity index (χ1v) is 6.84. The molecule has 3 N–H and O–H groups in total. The Balaban J connectivity index is 2.20. The second kappa shape index (κ2) is 6.56. The molecule has 6 heteroatoms. The van der Waals surface area contributed by atoms with E-state index in [1.165, 1.54) is 7.11 Å². The third kappa shape index (κ3) is 3.71. The molecule has 0 aliphatic rings. The molecule has 0 unspecified atom stereocenters. The van der Waals surface area contributed by atoms with E-state index < -0.39 is 0 Å². The average molecular weight is 321 g/mol. The zero-order valence-corrected chi connectivity index (χ0v) is 12.8. The van der Waals surface area contributed by atoms with Crippen molar-refractivity contribution >= 4 is 40.4 Å². The molecule has 0 saturated carbocycles. The van der Waals surface area contributed by atoms with Gasteiger partial charge in [-0.3, -0.25) is 4.79 Å². The standard InChI is InChI=1S/C15H13ClN2O2S/c1-20-13-6-5-11(8-12(13)16)18-15(19)10-4-2-3-9(7-10)14(17)21/h2-8H,1H3,(H2,17,21)(H,18,19). The number of rotatable bonds is 4. The molecule has 0 spiro atoms. The van der Waals surface area contributed by atoms with E-state index in [1.807, 2.05) is 0 Å². The normalized spacial score (nSPS) is 10.0. The SMILES string of the molecule is COc1ccc(NC(=O)c2cccc(C(N)=S)c2)cc1Cl. The molecular weight excluding hydrogens is 308 g/mol. The summed E-state index contributed by atoms with van der Waals surface area (Å²) in [4.78, 5) is 12.4. The van der Waals surface area contributed by atoms with Crippen molar-refractivity contribution < 1.29 is 9.53 Å². The van der Waals surface area contributed by atoms with E-state index in [-0.39, 0.29) is 10.9 Å². The molecule has 2 aromatic carbocycles. The molecule has 2 rings (SSSR count). The minimum absolute atomic E-state index is 0.247. The van der Waals surface area contributed by atoms with Crippen LogP contribution in [-0.2, 0) is 0 Å². The Bertz CT molecular complexity index is 704. The van der Waals surface area contributed by atoms with Gasteiger partial charge in [-0.05, 0) is 30.3 Å². The Morgan fingerprint density at radius 3 is 2.57 bits per heavy atom. The monoisotopic (exact) mass is 320 g/mol. The maximum Gasteiger partial charge on any atom is 0.255 e. The highest BCUT2D eigenvalue weighted by atomic mass is 35.5. The molecule has 0 aromatic heterocycles. The van der Waals surface area contributed by atoms with Gasteiger partial charge in [-0.2, -0.15) is 0 Å². The van der Waals surface area contributed by atoms with Crippen LogP contribution in [0.5, 0.6) is 5.75 Å². The van der Waals surface area contributed by atoms with Gasteiger partial charge >= 0.3 is 0 Å². The van der Waals surface area contributed by atoms with Gasteiger partial charge in [-0.15, -0.1) is 0 Å². The number of nitrogens with two attached hydrogens (primary N) is 1. The topological polar surface area (TPSA) is 64.3 Å². The number of hydrogen-bond donors (Lipinski definition) is 2. The molecular formula is C15H13ClN2O2S. The van der Waals surface area contributed by atoms with Crippen molar-refractivity contribution in [2.75, 3.05) is 12.4 Å². The van der Waals surface area contributed by atoms with Crippen LogP contribution in [0.15, 0.2) is 42.5 Å². The summed E-state index contributed by atoms with van der Waals surface area (Å²) in [6.45, 7) is 0. The summed E-state index contributed by atoms with van der Waals surface area (Å²) in [7, 11) is 1.53. The van der Waals surface area contributed by atoms with E-state index in [4.69, 9.17) is 34.3 Å². The first kappa shape index (κ1) is 15.3. The van der Waals surface area contributed by atoms with Crippen molar-refractivity contribution in [2.24, 2.45) is 5.73 Å². The van der Waals surface area contributed by atoms with Crippen molar-refractivity contribution in [1.82, 2.24) is 0 Å². The molecule has 2 aromatic rings. The molecule has 0 bridgehead atoms. The highest BCUT2D eigenvalue weighted by Gasteiger charge is 2.09. The van der Waals surface area contributed by atoms with Crippen molar-refractivity contribution in [3.63, 3.8) is 0 Å². The Kier molecular flexibility index (Phi) is 4.77. The van der Waals surface area contributed by atoms with Gasteiger partial charge in [0.05, 0.1) is 12.1 Å². The van der Waals surface area contributed by atoms with Crippen LogP contribution in [0.25, 0.3) is 0 Å². The van der Waals surface area contributed by atoms with Gasteiger partial charge in [0, 0.05) is 16.8 Å². The molecule has 1 amide bonds. The van der Waals surface area contributed by atoms with E-state index in [2.05, 4.69) is 5.32 Å². The van der Waals surface area contributed by atoms with Gasteiger partial charge in [-0.25, -0.2) is 0 Å². The van der Waals surface area contributed by atoms with Crippen molar-refractivity contribution in [1.29, 1.82) is 0 Å². The number of methoxy groups -OCH3 is 1. The summed E-state index contributed by atoms with van der Waals surface area (Å²) in [5.74, 6) is 0.277. The molecule has 108 valence electrons. The van der Waals surface area contributed by atoms with Crippen LogP contribution < -0.4 is 15.8 Å². The minimum Gasteiger partial charge on any atom is -0.495 e. The summed E-state index contributed by atoms with van der Waals surface area (Å²) in [6, 6.07) is 11.8. The first-order valence-electron chi connectivity index (χ1n) is 6.06. The summed E-state index contributed by atoms with van der Waals surface area (Å²) in [5, 5.41) is 3.18. The van der Waals surface area contributed by atoms with Gasteiger partial charge in [0.1, 0.15) is 10.7 Å². The molecule has 0 saturated heterocycles. The molecule has 0 aliphatic carbocycles. The largest absolute Gasteiger partial charge is 0.495 e. The summed E-state index contributed by atoms with van der Waals surface area (Å²) < 4.78 is 5.06. The van der Waals surface area contributed by atoms with Gasteiger partial charge < -0.3 is 15.8 Å². The summed E-state index contributed by atoms with van der Waals surface area (Å²) in [6.07, 6.45) is 0. The number of thiocarbonyl (C=S) groups is 1. The van der Waals surface area contributed by atoms with Crippen LogP contribution in [0.1, 0.15) is 15.9 Å². The fourth-order valence-electron chi connectivity index (χ4n) is 1.76. The van der Waals surface area contributed by atoms with Crippen LogP contribution in [0.4, 0.5) is 5.69 Å². The third-order valence-electron chi connectivity index (χ3n) is 2.82. The molecule has 21 heavy (non-hydrogen) atoms. The van der Waals surface area contributed by atoms with Crippen LogP contribution in [0.3, 0.4) is 0 Å². The average Bonchev–Trinajstić information content (AvgIpc) is 2.47. The molecule has 0 heterocycles. The lowest BCUT2D eigenvalue weighted by atomic mass is 10.1. The first-order chi connectivity index (χ1) is 10.0. The number of hydrogen-bond acceptors (Lipinski definition) is 3. The highest BCUT2D eigenvalue weighted by Crippen LogP contribution is 2.27. The van der Waals surface area contributed by atoms with E-state index in [1.54, 1.807) is 42.5 Å². The lowest BCUT2D eigenvalue weighted by Crippen LogP contribution is -2.14. The lowest BCUT2D eigenvalue weighted by Gasteiger charge is -2.09. The van der Waals surface area contributed by atoms with Crippen molar-refractivity contribution in [2.45, 2.75) is 0 Å². The molecule has 0 aliphatic heterocycles. The van der Waals surface area contributed by atoms with E-state index >= 15 is 0 Å². The van der Waals surface area contributed by atoms with Gasteiger partial charge in [-0.1, -0.05) is 36.0 Å². The Morgan fingerprint density at radius 2 is 1.95 bits per heavy atom. The second-order valence-corrected chi connectivity index (χ2v) is 5.10. The molecule has 0 atom stereocenters. The number of carbonyl (C=O) groups excluding carboxylic acids is 1. The summed E-state index contributed by atoms with van der Waals surface area (Å²) >= 11 is 10.9. The van der Waals surface area contributed by atoms with E-state index in [9.17, 15) is 4.79 Å². The van der Waals surface area contributed by atoms with Crippen LogP contribution in [0.2, 0.25) is 5.02 Å². The van der Waals surface area contributed by atoms with Crippen LogP contribution in [-0.4, -0.2) is 18.0 Å². The van der Waals surface area contributed by atoms with E-state index in [0.717, 1.165) is 0 Å². The number of anilines is 1. The Labute approximate surface area is 132 Å². The summed E-state index contributed by atoms with van der Waals surface area (Å²) in [5.41, 5.74) is 7.24. The molecule has 0 fully saturated rings. The van der Waals surface area contributed by atoms with Crippen molar-refractivity contribution in [3.05, 3.63) is 58.6 Å². The fourth-order valence-corrected chi connectivity index (χ4v) is 2.15. The van der Waals surface area contributed by atoms with Gasteiger partial charge in [0.15, 0.2) is 0 Å². The second-order valence-electron chi connectivity index (χ2n) is 4.25. The Hall–Kier alpha value is -2.11. The zero-order valence-electron chi connectivity index (χ0n) is 11.2. The molecule has 0 radical (unpaired) electrons. The predicted molar refractivity (Wildman–Crippen MR) is 88.3 cm³/mol. The lowest BCUT2D eigenvalue weighted by molar-refractivity contribution is 0.102. The van der Waals surface area contributed by atoms with Gasteiger partial charge in [0.2, 0.25) is 0 Å². The number of halogens is 1. The maximum atomic E-state index is 12.2. The third-order valence-corrected chi connectivity index (χ3v) is 3.35. The maximum absolute atomic E-state index is 12.2. The van der Waals surface area contributed by atoms with Crippen LogP contribution in [0, 0.1) is 0 Å². The number of nitrogens with one attached hydrogen (secondary N) is 1. The number of ether oxygens (including phenoxy) is 1. The van der Waals surface area contributed by atoms with Crippen LogP contribution >= 0.6 is 23.8 Å². The minimum atomic E-state index is -0.269. The number of carbonyl (C=O) groups is 1. The highest BCUT2D eigenvalue weighted by molar-refractivity contribution is 7.80. The fraction of sp³-hybridized carbons (Fsp3) is 0.0667. The molecule has 4 nitrogen and oxygen atoms in total. The van der Waals surface area contributed by atoms with Gasteiger partial charge in [0.25, 0.3) is 5.91 Å². The number of benzene rings is 2. The quantitative estimate of drug-likeness (QED) is 0.849. The van der Waals surface area contributed by atoms with Crippen molar-refractivity contribution in [3.8, 4) is 5.75 Å². The Morgan fingerprint density at radius 1 is 1.24 bits per heavy atom. The predicted octanol–water partition coefficient (Wildman–Crippen LogP) is 3.24.